The first kappa shape index (κ1) is 19.8. The summed E-state index contributed by atoms with van der Waals surface area (Å²) < 4.78 is 11.0. The van der Waals surface area contributed by atoms with Gasteiger partial charge in [0.05, 0.1) is 7.11 Å². The third kappa shape index (κ3) is 5.80. The van der Waals surface area contributed by atoms with Gasteiger partial charge < -0.3 is 14.8 Å². The molecule has 1 amide bonds. The minimum atomic E-state index is -0.573. The van der Waals surface area contributed by atoms with Crippen LogP contribution < -0.4 is 14.8 Å². The third-order valence-corrected chi connectivity index (χ3v) is 4.33. The van der Waals surface area contributed by atoms with Crippen molar-refractivity contribution in [3.05, 3.63) is 59.7 Å². The highest BCUT2D eigenvalue weighted by atomic mass is 16.5. The van der Waals surface area contributed by atoms with Gasteiger partial charge >= 0.3 is 0 Å². The molecule has 0 aromatic heterocycles. The lowest BCUT2D eigenvalue weighted by molar-refractivity contribution is -0.127. The smallest absolute Gasteiger partial charge is 0.260 e. The number of amides is 1. The van der Waals surface area contributed by atoms with E-state index in [1.807, 2.05) is 18.2 Å². The molecule has 0 fully saturated rings. The molecule has 140 valence electrons. The van der Waals surface area contributed by atoms with Crippen LogP contribution in [-0.2, 0) is 11.2 Å². The fourth-order valence-electron chi connectivity index (χ4n) is 2.68. The van der Waals surface area contributed by atoms with E-state index >= 15 is 0 Å². The van der Waals surface area contributed by atoms with Crippen molar-refractivity contribution in [3.8, 4) is 11.5 Å². The van der Waals surface area contributed by atoms with E-state index in [0.29, 0.717) is 24.0 Å². The number of hydrogen-bond donors (Lipinski definition) is 1. The van der Waals surface area contributed by atoms with E-state index in [0.717, 1.165) is 12.8 Å². The zero-order chi connectivity index (χ0) is 18.9. The fraction of sp³-hybridized carbons (Fsp3) is 0.409. The number of hydrogen-bond acceptors (Lipinski definition) is 3. The standard InChI is InChI=1S/C22H29NO3/c1-16(2)19-13-11-18(12-14-19)8-7-15-23-22(24)17(3)26-21-10-6-5-9-20(21)25-4/h5-6,9-14,16-17H,7-8,15H2,1-4H3,(H,23,24). The second kappa shape index (κ2) is 9.85. The van der Waals surface area contributed by atoms with Crippen LogP contribution in [0.15, 0.2) is 48.5 Å². The Morgan fingerprint density at radius 3 is 2.27 bits per heavy atom. The number of ether oxygens (including phenoxy) is 2. The summed E-state index contributed by atoms with van der Waals surface area (Å²) in [6, 6.07) is 16.0. The first-order valence-corrected chi connectivity index (χ1v) is 9.17. The highest BCUT2D eigenvalue weighted by Crippen LogP contribution is 2.26. The molecule has 0 aliphatic rings. The molecule has 1 unspecified atom stereocenters. The molecule has 0 heterocycles. The molecule has 0 saturated heterocycles. The number of benzene rings is 2. The van der Waals surface area contributed by atoms with Gasteiger partial charge in [0.2, 0.25) is 0 Å². The van der Waals surface area contributed by atoms with Gasteiger partial charge in [-0.05, 0) is 48.9 Å². The number of rotatable bonds is 9. The Labute approximate surface area is 156 Å². The highest BCUT2D eigenvalue weighted by molar-refractivity contribution is 5.80. The number of methoxy groups -OCH3 is 1. The van der Waals surface area contributed by atoms with Gasteiger partial charge in [-0.2, -0.15) is 0 Å². The van der Waals surface area contributed by atoms with Crippen molar-refractivity contribution in [2.24, 2.45) is 0 Å². The number of carbonyl (C=O) groups is 1. The predicted molar refractivity (Wildman–Crippen MR) is 105 cm³/mol. The van der Waals surface area contributed by atoms with Crippen molar-refractivity contribution in [3.63, 3.8) is 0 Å². The van der Waals surface area contributed by atoms with Crippen LogP contribution in [0.1, 0.15) is 44.2 Å². The van der Waals surface area contributed by atoms with E-state index in [-0.39, 0.29) is 5.91 Å². The molecule has 0 aliphatic carbocycles. The molecule has 0 radical (unpaired) electrons. The lowest BCUT2D eigenvalue weighted by Crippen LogP contribution is -2.37. The van der Waals surface area contributed by atoms with Crippen LogP contribution in [0.4, 0.5) is 0 Å². The van der Waals surface area contributed by atoms with Crippen LogP contribution >= 0.6 is 0 Å². The maximum Gasteiger partial charge on any atom is 0.260 e. The lowest BCUT2D eigenvalue weighted by atomic mass is 10.0. The molecule has 2 rings (SSSR count). The Morgan fingerprint density at radius 2 is 1.65 bits per heavy atom. The van der Waals surface area contributed by atoms with Crippen molar-refractivity contribution >= 4 is 5.91 Å². The van der Waals surface area contributed by atoms with E-state index in [1.54, 1.807) is 20.1 Å². The van der Waals surface area contributed by atoms with Crippen molar-refractivity contribution in [1.82, 2.24) is 5.32 Å². The Bertz CT molecular complexity index is 695. The molecular weight excluding hydrogens is 326 g/mol. The number of carbonyl (C=O) groups excluding carboxylic acids is 1. The van der Waals surface area contributed by atoms with Gasteiger partial charge in [0.25, 0.3) is 5.91 Å². The monoisotopic (exact) mass is 355 g/mol. The second-order valence-electron chi connectivity index (χ2n) is 6.70. The number of nitrogens with one attached hydrogen (secondary N) is 1. The Balaban J connectivity index is 1.74. The largest absolute Gasteiger partial charge is 0.493 e. The molecule has 0 spiro atoms. The summed E-state index contributed by atoms with van der Waals surface area (Å²) in [7, 11) is 1.58. The molecule has 4 nitrogen and oxygen atoms in total. The molecule has 0 bridgehead atoms. The molecule has 26 heavy (non-hydrogen) atoms. The molecule has 0 aliphatic heterocycles. The number of aryl methyl sites for hydroxylation is 1. The van der Waals surface area contributed by atoms with Crippen molar-refractivity contribution in [2.75, 3.05) is 13.7 Å². The minimum absolute atomic E-state index is 0.119. The zero-order valence-electron chi connectivity index (χ0n) is 16.1. The molecule has 0 saturated carbocycles. The van der Waals surface area contributed by atoms with Crippen LogP contribution in [0.5, 0.6) is 11.5 Å². The van der Waals surface area contributed by atoms with Crippen LogP contribution in [-0.4, -0.2) is 25.7 Å². The van der Waals surface area contributed by atoms with Crippen LogP contribution in [0.25, 0.3) is 0 Å². The summed E-state index contributed by atoms with van der Waals surface area (Å²) in [6.45, 7) is 6.76. The molecule has 1 N–H and O–H groups in total. The Hall–Kier alpha value is -2.49. The van der Waals surface area contributed by atoms with Crippen LogP contribution in [0.3, 0.4) is 0 Å². The minimum Gasteiger partial charge on any atom is -0.493 e. The molecule has 1 atom stereocenters. The van der Waals surface area contributed by atoms with Crippen LogP contribution in [0, 0.1) is 0 Å². The average molecular weight is 355 g/mol. The quantitative estimate of drug-likeness (QED) is 0.681. The second-order valence-corrected chi connectivity index (χ2v) is 6.70. The Morgan fingerprint density at radius 1 is 1.00 bits per heavy atom. The van der Waals surface area contributed by atoms with Gasteiger partial charge in [0.1, 0.15) is 0 Å². The molecular formula is C22H29NO3. The van der Waals surface area contributed by atoms with Gasteiger partial charge in [-0.15, -0.1) is 0 Å². The first-order chi connectivity index (χ1) is 12.5. The summed E-state index contributed by atoms with van der Waals surface area (Å²) in [5.74, 6) is 1.62. The van der Waals surface area contributed by atoms with Gasteiger partial charge in [0, 0.05) is 6.54 Å². The summed E-state index contributed by atoms with van der Waals surface area (Å²) in [5, 5.41) is 2.94. The summed E-state index contributed by atoms with van der Waals surface area (Å²) in [6.07, 6.45) is 1.27. The summed E-state index contributed by atoms with van der Waals surface area (Å²) >= 11 is 0. The molecule has 2 aromatic carbocycles. The van der Waals surface area contributed by atoms with Crippen molar-refractivity contribution in [2.45, 2.75) is 45.6 Å². The van der Waals surface area contributed by atoms with E-state index < -0.39 is 6.10 Å². The van der Waals surface area contributed by atoms with Gasteiger partial charge in [-0.25, -0.2) is 0 Å². The first-order valence-electron chi connectivity index (χ1n) is 9.17. The summed E-state index contributed by atoms with van der Waals surface area (Å²) in [4.78, 5) is 12.2. The van der Waals surface area contributed by atoms with E-state index in [4.69, 9.17) is 9.47 Å². The highest BCUT2D eigenvalue weighted by Gasteiger charge is 2.16. The fourth-order valence-corrected chi connectivity index (χ4v) is 2.68. The van der Waals surface area contributed by atoms with Crippen LogP contribution in [0.2, 0.25) is 0 Å². The normalized spacial score (nSPS) is 11.9. The van der Waals surface area contributed by atoms with Gasteiger partial charge in [-0.3, -0.25) is 4.79 Å². The zero-order valence-corrected chi connectivity index (χ0v) is 16.1. The SMILES string of the molecule is COc1ccccc1OC(C)C(=O)NCCCc1ccc(C(C)C)cc1. The summed E-state index contributed by atoms with van der Waals surface area (Å²) in [5.41, 5.74) is 2.64. The average Bonchev–Trinajstić information content (AvgIpc) is 2.65. The molecule has 4 heteroatoms. The topological polar surface area (TPSA) is 47.6 Å². The lowest BCUT2D eigenvalue weighted by Gasteiger charge is -2.16. The maximum absolute atomic E-state index is 12.2. The van der Waals surface area contributed by atoms with Crippen molar-refractivity contribution in [1.29, 1.82) is 0 Å². The maximum atomic E-state index is 12.2. The third-order valence-electron chi connectivity index (χ3n) is 4.33. The van der Waals surface area contributed by atoms with Gasteiger partial charge in [-0.1, -0.05) is 50.2 Å². The number of para-hydroxylation sites is 2. The van der Waals surface area contributed by atoms with E-state index in [1.165, 1.54) is 11.1 Å². The van der Waals surface area contributed by atoms with E-state index in [9.17, 15) is 4.79 Å². The Kier molecular flexibility index (Phi) is 7.52. The molecule has 2 aromatic rings. The van der Waals surface area contributed by atoms with E-state index in [2.05, 4.69) is 43.4 Å². The van der Waals surface area contributed by atoms with Gasteiger partial charge in [0.15, 0.2) is 17.6 Å². The predicted octanol–water partition coefficient (Wildman–Crippen LogP) is 4.33. The van der Waals surface area contributed by atoms with Crippen molar-refractivity contribution < 1.29 is 14.3 Å².